The van der Waals surface area contributed by atoms with E-state index in [0.717, 1.165) is 24.2 Å². The maximum Gasteiger partial charge on any atom is 0.337 e. The monoisotopic (exact) mass is 208 g/mol. The lowest BCUT2D eigenvalue weighted by atomic mass is 9.86. The summed E-state index contributed by atoms with van der Waals surface area (Å²) in [4.78, 5) is 11.7. The maximum absolute atomic E-state index is 11.7. The Morgan fingerprint density at radius 1 is 1.67 bits per heavy atom. The van der Waals surface area contributed by atoms with Gasteiger partial charge in [-0.2, -0.15) is 0 Å². The second-order valence-electron chi connectivity index (χ2n) is 3.88. The lowest BCUT2D eigenvalue weighted by Crippen LogP contribution is -2.23. The van der Waals surface area contributed by atoms with E-state index in [1.165, 1.54) is 0 Å². The molecule has 0 aromatic heterocycles. The Morgan fingerprint density at radius 3 is 3.20 bits per heavy atom. The summed E-state index contributed by atoms with van der Waals surface area (Å²) in [6.07, 6.45) is 6.21. The standard InChI is InChI=1S/C12H16O3/c1-3-14-12(13)11-8(2)15-10-7-5-4-6-9(10)11/h5,7,9-10H,3-4,6H2,1-2H3/t9-,10+/m1/s1. The summed E-state index contributed by atoms with van der Waals surface area (Å²) in [5, 5.41) is 0. The van der Waals surface area contributed by atoms with Crippen molar-refractivity contribution in [3.8, 4) is 0 Å². The number of esters is 1. The third-order valence-corrected chi connectivity index (χ3v) is 2.92. The summed E-state index contributed by atoms with van der Waals surface area (Å²) in [5.74, 6) is 0.724. The number of fused-ring (bicyclic) bond motifs is 1. The molecule has 0 aromatic rings. The van der Waals surface area contributed by atoms with E-state index in [0.29, 0.717) is 6.61 Å². The zero-order chi connectivity index (χ0) is 10.8. The molecule has 0 amide bonds. The molecular weight excluding hydrogens is 192 g/mol. The fourth-order valence-corrected chi connectivity index (χ4v) is 2.27. The van der Waals surface area contributed by atoms with E-state index in [4.69, 9.17) is 9.47 Å². The van der Waals surface area contributed by atoms with Crippen LogP contribution in [-0.2, 0) is 14.3 Å². The Bertz CT molecular complexity index is 328. The largest absolute Gasteiger partial charge is 0.490 e. The van der Waals surface area contributed by atoms with Crippen molar-refractivity contribution in [1.82, 2.24) is 0 Å². The van der Waals surface area contributed by atoms with Crippen LogP contribution in [0.5, 0.6) is 0 Å². The number of carbonyl (C=O) groups excluding carboxylic acids is 1. The first-order valence-corrected chi connectivity index (χ1v) is 5.45. The molecule has 0 unspecified atom stereocenters. The minimum absolute atomic E-state index is 0.0538. The van der Waals surface area contributed by atoms with Crippen molar-refractivity contribution < 1.29 is 14.3 Å². The maximum atomic E-state index is 11.7. The highest BCUT2D eigenvalue weighted by Crippen LogP contribution is 2.38. The van der Waals surface area contributed by atoms with Crippen LogP contribution in [0, 0.1) is 5.92 Å². The van der Waals surface area contributed by atoms with Gasteiger partial charge in [0.1, 0.15) is 11.9 Å². The summed E-state index contributed by atoms with van der Waals surface area (Å²) in [5.41, 5.74) is 0.742. The summed E-state index contributed by atoms with van der Waals surface area (Å²) in [6, 6.07) is 0. The molecule has 15 heavy (non-hydrogen) atoms. The molecule has 0 radical (unpaired) electrons. The molecule has 2 aliphatic rings. The average molecular weight is 208 g/mol. The lowest BCUT2D eigenvalue weighted by Gasteiger charge is -2.20. The van der Waals surface area contributed by atoms with E-state index in [2.05, 4.69) is 6.08 Å². The van der Waals surface area contributed by atoms with Crippen LogP contribution in [0.1, 0.15) is 26.7 Å². The third-order valence-electron chi connectivity index (χ3n) is 2.92. The van der Waals surface area contributed by atoms with Crippen LogP contribution < -0.4 is 0 Å². The Balaban J connectivity index is 2.19. The fourth-order valence-electron chi connectivity index (χ4n) is 2.27. The van der Waals surface area contributed by atoms with Crippen LogP contribution in [0.15, 0.2) is 23.5 Å². The van der Waals surface area contributed by atoms with Crippen molar-refractivity contribution in [3.63, 3.8) is 0 Å². The van der Waals surface area contributed by atoms with Gasteiger partial charge in [-0.05, 0) is 32.8 Å². The van der Waals surface area contributed by atoms with Gasteiger partial charge in [0.25, 0.3) is 0 Å². The van der Waals surface area contributed by atoms with Gasteiger partial charge in [0, 0.05) is 5.92 Å². The SMILES string of the molecule is CCOC(=O)C1=C(C)O[C@H]2C=CCC[C@@H]12. The summed E-state index contributed by atoms with van der Waals surface area (Å²) >= 11 is 0. The molecule has 0 aromatic carbocycles. The average Bonchev–Trinajstić information content (AvgIpc) is 2.54. The zero-order valence-electron chi connectivity index (χ0n) is 9.16. The molecule has 3 heteroatoms. The van der Waals surface area contributed by atoms with E-state index in [1.54, 1.807) is 0 Å². The molecule has 1 heterocycles. The van der Waals surface area contributed by atoms with Gasteiger partial charge in [-0.3, -0.25) is 0 Å². The van der Waals surface area contributed by atoms with Gasteiger partial charge >= 0.3 is 5.97 Å². The van der Waals surface area contributed by atoms with Crippen LogP contribution in [-0.4, -0.2) is 18.7 Å². The van der Waals surface area contributed by atoms with Crippen LogP contribution in [0.3, 0.4) is 0 Å². The van der Waals surface area contributed by atoms with Crippen molar-refractivity contribution in [2.45, 2.75) is 32.8 Å². The second-order valence-corrected chi connectivity index (χ2v) is 3.88. The normalized spacial score (nSPS) is 28.7. The first-order chi connectivity index (χ1) is 7.24. The first-order valence-electron chi connectivity index (χ1n) is 5.45. The molecule has 2 atom stereocenters. The molecular formula is C12H16O3. The van der Waals surface area contributed by atoms with E-state index < -0.39 is 0 Å². The van der Waals surface area contributed by atoms with Crippen molar-refractivity contribution in [1.29, 1.82) is 0 Å². The van der Waals surface area contributed by atoms with Gasteiger partial charge < -0.3 is 9.47 Å². The second kappa shape index (κ2) is 4.09. The number of allylic oxidation sites excluding steroid dienone is 2. The Labute approximate surface area is 89.8 Å². The van der Waals surface area contributed by atoms with Crippen molar-refractivity contribution >= 4 is 5.97 Å². The molecule has 0 saturated heterocycles. The van der Waals surface area contributed by atoms with Crippen molar-refractivity contribution in [2.24, 2.45) is 5.92 Å². The molecule has 0 saturated carbocycles. The van der Waals surface area contributed by atoms with Gasteiger partial charge in [0.15, 0.2) is 0 Å². The third kappa shape index (κ3) is 1.78. The molecule has 82 valence electrons. The van der Waals surface area contributed by atoms with Crippen molar-refractivity contribution in [2.75, 3.05) is 6.61 Å². The smallest absolute Gasteiger partial charge is 0.337 e. The van der Waals surface area contributed by atoms with Crippen LogP contribution in [0.25, 0.3) is 0 Å². The molecule has 0 N–H and O–H groups in total. The van der Waals surface area contributed by atoms with Crippen LogP contribution in [0.2, 0.25) is 0 Å². The van der Waals surface area contributed by atoms with Gasteiger partial charge in [-0.15, -0.1) is 0 Å². The quantitative estimate of drug-likeness (QED) is 0.515. The highest BCUT2D eigenvalue weighted by Gasteiger charge is 2.38. The molecule has 0 fully saturated rings. The summed E-state index contributed by atoms with van der Waals surface area (Å²) in [7, 11) is 0. The highest BCUT2D eigenvalue weighted by atomic mass is 16.5. The molecule has 1 aliphatic carbocycles. The Hall–Kier alpha value is -1.25. The topological polar surface area (TPSA) is 35.5 Å². The van der Waals surface area contributed by atoms with Gasteiger partial charge in [-0.25, -0.2) is 4.79 Å². The number of carbonyl (C=O) groups is 1. The summed E-state index contributed by atoms with van der Waals surface area (Å²) in [6.45, 7) is 4.09. The van der Waals surface area contributed by atoms with E-state index in [9.17, 15) is 4.79 Å². The Morgan fingerprint density at radius 2 is 2.47 bits per heavy atom. The van der Waals surface area contributed by atoms with E-state index >= 15 is 0 Å². The number of hydrogen-bond acceptors (Lipinski definition) is 3. The zero-order valence-corrected chi connectivity index (χ0v) is 9.16. The number of rotatable bonds is 2. The van der Waals surface area contributed by atoms with Crippen LogP contribution in [0.4, 0.5) is 0 Å². The highest BCUT2D eigenvalue weighted by molar-refractivity contribution is 5.90. The lowest BCUT2D eigenvalue weighted by molar-refractivity contribution is -0.139. The minimum atomic E-state index is -0.210. The van der Waals surface area contributed by atoms with Gasteiger partial charge in [-0.1, -0.05) is 6.08 Å². The molecule has 0 bridgehead atoms. The number of hydrogen-bond donors (Lipinski definition) is 0. The fraction of sp³-hybridized carbons (Fsp3) is 0.583. The molecule has 2 rings (SSSR count). The summed E-state index contributed by atoms with van der Waals surface area (Å²) < 4.78 is 10.7. The molecule has 0 spiro atoms. The predicted octanol–water partition coefficient (Wildman–Crippen LogP) is 2.19. The van der Waals surface area contributed by atoms with Crippen LogP contribution >= 0.6 is 0 Å². The van der Waals surface area contributed by atoms with Crippen molar-refractivity contribution in [3.05, 3.63) is 23.5 Å². The Kier molecular flexibility index (Phi) is 2.80. The predicted molar refractivity (Wildman–Crippen MR) is 56.1 cm³/mol. The molecule has 3 nitrogen and oxygen atoms in total. The molecule has 1 aliphatic heterocycles. The number of ether oxygens (including phenoxy) is 2. The van der Waals surface area contributed by atoms with E-state index in [1.807, 2.05) is 19.9 Å². The van der Waals surface area contributed by atoms with Gasteiger partial charge in [0.2, 0.25) is 0 Å². The van der Waals surface area contributed by atoms with E-state index in [-0.39, 0.29) is 18.0 Å². The first kappa shape index (κ1) is 10.3. The van der Waals surface area contributed by atoms with Gasteiger partial charge in [0.05, 0.1) is 12.2 Å². The minimum Gasteiger partial charge on any atom is -0.490 e.